The lowest BCUT2D eigenvalue weighted by atomic mass is 10.2. The Kier molecular flexibility index (Phi) is 4.46. The standard InChI is InChI=1S/C17H12Cl2N2O3/c18-11-7-5-10(6-8-11)9-21-16(23)14(19)15(17(21)24)20-12-3-1-2-4-13(12)22/h1-8,20,22H,9H2. The SMILES string of the molecule is O=C1C(Cl)=C(Nc2ccccc2O)C(=O)N1Cc1ccc(Cl)cc1. The van der Waals surface area contributed by atoms with E-state index in [0.717, 1.165) is 10.5 Å². The summed E-state index contributed by atoms with van der Waals surface area (Å²) >= 11 is 11.8. The third-order valence-electron chi connectivity index (χ3n) is 3.53. The van der Waals surface area contributed by atoms with Gasteiger partial charge in [0, 0.05) is 5.02 Å². The molecule has 0 bridgehead atoms. The molecule has 0 aromatic heterocycles. The van der Waals surface area contributed by atoms with E-state index in [1.807, 2.05) is 0 Å². The molecule has 0 spiro atoms. The quantitative estimate of drug-likeness (QED) is 0.645. The number of carbonyl (C=O) groups is 2. The number of hydrogen-bond donors (Lipinski definition) is 2. The van der Waals surface area contributed by atoms with E-state index in [1.165, 1.54) is 6.07 Å². The van der Waals surface area contributed by atoms with Crippen molar-refractivity contribution < 1.29 is 14.7 Å². The second-order valence-corrected chi connectivity index (χ2v) is 5.97. The molecule has 3 rings (SSSR count). The monoisotopic (exact) mass is 362 g/mol. The van der Waals surface area contributed by atoms with Gasteiger partial charge in [-0.15, -0.1) is 0 Å². The molecule has 0 fully saturated rings. The number of imide groups is 1. The summed E-state index contributed by atoms with van der Waals surface area (Å²) in [5.74, 6) is -1.19. The Morgan fingerprint density at radius 1 is 0.958 bits per heavy atom. The van der Waals surface area contributed by atoms with Crippen molar-refractivity contribution >= 4 is 40.7 Å². The molecule has 5 nitrogen and oxygen atoms in total. The van der Waals surface area contributed by atoms with Crippen LogP contribution in [0.5, 0.6) is 5.75 Å². The van der Waals surface area contributed by atoms with Crippen LogP contribution in [0.2, 0.25) is 5.02 Å². The molecular weight excluding hydrogens is 351 g/mol. The number of nitrogens with zero attached hydrogens (tertiary/aromatic N) is 1. The molecule has 0 aliphatic carbocycles. The van der Waals surface area contributed by atoms with Crippen LogP contribution in [0, 0.1) is 0 Å². The van der Waals surface area contributed by atoms with Gasteiger partial charge >= 0.3 is 0 Å². The van der Waals surface area contributed by atoms with Crippen LogP contribution >= 0.6 is 23.2 Å². The molecule has 1 aliphatic heterocycles. The molecule has 0 saturated carbocycles. The number of phenolic OH excluding ortho intramolecular Hbond substituents is 1. The maximum absolute atomic E-state index is 12.5. The molecule has 2 N–H and O–H groups in total. The highest BCUT2D eigenvalue weighted by Gasteiger charge is 2.37. The zero-order chi connectivity index (χ0) is 17.3. The van der Waals surface area contributed by atoms with Crippen LogP contribution in [0.1, 0.15) is 5.56 Å². The van der Waals surface area contributed by atoms with Crippen molar-refractivity contribution in [1.82, 2.24) is 4.90 Å². The highest BCUT2D eigenvalue weighted by Crippen LogP contribution is 2.30. The van der Waals surface area contributed by atoms with Crippen LogP contribution in [0.3, 0.4) is 0 Å². The molecule has 7 heteroatoms. The third kappa shape index (κ3) is 3.09. The molecule has 122 valence electrons. The largest absolute Gasteiger partial charge is 0.506 e. The Bertz CT molecular complexity index is 847. The molecule has 1 heterocycles. The molecule has 1 aliphatic rings. The fourth-order valence-corrected chi connectivity index (χ4v) is 2.64. The van der Waals surface area contributed by atoms with Gasteiger partial charge in [-0.05, 0) is 29.8 Å². The van der Waals surface area contributed by atoms with Crippen molar-refractivity contribution in [2.45, 2.75) is 6.54 Å². The number of halogens is 2. The van der Waals surface area contributed by atoms with Crippen molar-refractivity contribution in [2.75, 3.05) is 5.32 Å². The molecule has 2 aromatic carbocycles. The van der Waals surface area contributed by atoms with Gasteiger partial charge in [-0.25, -0.2) is 0 Å². The van der Waals surface area contributed by atoms with E-state index in [1.54, 1.807) is 42.5 Å². The lowest BCUT2D eigenvalue weighted by Crippen LogP contribution is -2.31. The third-order valence-corrected chi connectivity index (χ3v) is 4.13. The predicted octanol–water partition coefficient (Wildman–Crippen LogP) is 3.48. The number of hydrogen-bond acceptors (Lipinski definition) is 4. The van der Waals surface area contributed by atoms with Gasteiger partial charge in [0.2, 0.25) is 0 Å². The fourth-order valence-electron chi connectivity index (χ4n) is 2.28. The summed E-state index contributed by atoms with van der Waals surface area (Å²) in [6, 6.07) is 13.2. The van der Waals surface area contributed by atoms with E-state index in [9.17, 15) is 14.7 Å². The van der Waals surface area contributed by atoms with E-state index in [4.69, 9.17) is 23.2 Å². The minimum Gasteiger partial charge on any atom is -0.506 e. The molecular formula is C17H12Cl2N2O3. The molecule has 2 aromatic rings. The van der Waals surface area contributed by atoms with Gasteiger partial charge in [-0.1, -0.05) is 47.5 Å². The zero-order valence-corrected chi connectivity index (χ0v) is 13.8. The second kappa shape index (κ2) is 6.55. The first-order valence-corrected chi connectivity index (χ1v) is 7.78. The van der Waals surface area contributed by atoms with Crippen LogP contribution in [0.15, 0.2) is 59.3 Å². The summed E-state index contributed by atoms with van der Waals surface area (Å²) in [5, 5.41) is 12.9. The Hall–Kier alpha value is -2.50. The zero-order valence-electron chi connectivity index (χ0n) is 12.3. The van der Waals surface area contributed by atoms with Crippen molar-refractivity contribution in [3.05, 3.63) is 69.8 Å². The highest BCUT2D eigenvalue weighted by molar-refractivity contribution is 6.48. The number of para-hydroxylation sites is 2. The first-order chi connectivity index (χ1) is 11.5. The first kappa shape index (κ1) is 16.4. The topological polar surface area (TPSA) is 69.6 Å². The number of phenols is 1. The normalized spacial score (nSPS) is 14.5. The molecule has 2 amide bonds. The Morgan fingerprint density at radius 3 is 2.29 bits per heavy atom. The van der Waals surface area contributed by atoms with Gasteiger partial charge in [0.15, 0.2) is 0 Å². The van der Waals surface area contributed by atoms with Crippen LogP contribution < -0.4 is 5.32 Å². The van der Waals surface area contributed by atoms with Crippen molar-refractivity contribution in [3.8, 4) is 5.75 Å². The van der Waals surface area contributed by atoms with Gasteiger partial charge in [-0.3, -0.25) is 14.5 Å². The highest BCUT2D eigenvalue weighted by atomic mass is 35.5. The molecule has 0 unspecified atom stereocenters. The average Bonchev–Trinajstić information content (AvgIpc) is 2.76. The lowest BCUT2D eigenvalue weighted by molar-refractivity contribution is -0.138. The Balaban J connectivity index is 1.82. The van der Waals surface area contributed by atoms with Gasteiger partial charge in [0.25, 0.3) is 11.8 Å². The number of carbonyl (C=O) groups excluding carboxylic acids is 2. The molecule has 0 atom stereocenters. The maximum atomic E-state index is 12.5. The lowest BCUT2D eigenvalue weighted by Gasteiger charge is -2.15. The van der Waals surface area contributed by atoms with Crippen LogP contribution in [-0.2, 0) is 16.1 Å². The molecule has 0 saturated heterocycles. The summed E-state index contributed by atoms with van der Waals surface area (Å²) < 4.78 is 0. The number of nitrogens with one attached hydrogen (secondary N) is 1. The van der Waals surface area contributed by atoms with Gasteiger partial charge in [-0.2, -0.15) is 0 Å². The van der Waals surface area contributed by atoms with Gasteiger partial charge in [0.1, 0.15) is 16.5 Å². The van der Waals surface area contributed by atoms with E-state index in [0.29, 0.717) is 10.7 Å². The van der Waals surface area contributed by atoms with Crippen LogP contribution in [0.4, 0.5) is 5.69 Å². The van der Waals surface area contributed by atoms with E-state index in [2.05, 4.69) is 5.32 Å². The first-order valence-electron chi connectivity index (χ1n) is 7.03. The average molecular weight is 363 g/mol. The molecule has 24 heavy (non-hydrogen) atoms. The fraction of sp³-hybridized carbons (Fsp3) is 0.0588. The minimum atomic E-state index is -0.588. The smallest absolute Gasteiger partial charge is 0.279 e. The maximum Gasteiger partial charge on any atom is 0.279 e. The number of benzene rings is 2. The van der Waals surface area contributed by atoms with Crippen molar-refractivity contribution in [1.29, 1.82) is 0 Å². The van der Waals surface area contributed by atoms with Crippen molar-refractivity contribution in [2.24, 2.45) is 0 Å². The minimum absolute atomic E-state index is 0.0501. The van der Waals surface area contributed by atoms with E-state index in [-0.39, 0.29) is 23.0 Å². The predicted molar refractivity (Wildman–Crippen MR) is 91.6 cm³/mol. The van der Waals surface area contributed by atoms with Crippen LogP contribution in [0.25, 0.3) is 0 Å². The van der Waals surface area contributed by atoms with Gasteiger partial charge in [0.05, 0.1) is 12.2 Å². The van der Waals surface area contributed by atoms with Crippen molar-refractivity contribution in [3.63, 3.8) is 0 Å². The number of amides is 2. The molecule has 0 radical (unpaired) electrons. The van der Waals surface area contributed by atoms with Gasteiger partial charge < -0.3 is 10.4 Å². The summed E-state index contributed by atoms with van der Waals surface area (Å²) in [7, 11) is 0. The van der Waals surface area contributed by atoms with Crippen LogP contribution in [-0.4, -0.2) is 21.8 Å². The summed E-state index contributed by atoms with van der Waals surface area (Å²) in [5.41, 5.74) is 0.978. The summed E-state index contributed by atoms with van der Waals surface area (Å²) in [4.78, 5) is 25.8. The Labute approximate surface area is 148 Å². The summed E-state index contributed by atoms with van der Waals surface area (Å²) in [6.07, 6.45) is 0. The Morgan fingerprint density at radius 2 is 1.62 bits per heavy atom. The second-order valence-electron chi connectivity index (χ2n) is 5.15. The number of aromatic hydroxyl groups is 1. The number of rotatable bonds is 4. The van der Waals surface area contributed by atoms with E-state index >= 15 is 0 Å². The summed E-state index contributed by atoms with van der Waals surface area (Å²) in [6.45, 7) is 0.0804. The number of anilines is 1. The van der Waals surface area contributed by atoms with E-state index < -0.39 is 11.8 Å².